The summed E-state index contributed by atoms with van der Waals surface area (Å²) in [5.74, 6) is 0.791. The Hall–Kier alpha value is -1.13. The number of hydrogen-bond donors (Lipinski definition) is 1. The van der Waals surface area contributed by atoms with Crippen molar-refractivity contribution in [3.63, 3.8) is 0 Å². The number of pyridine rings is 1. The first-order chi connectivity index (χ1) is 7.78. The van der Waals surface area contributed by atoms with Gasteiger partial charge in [0.25, 0.3) is 0 Å². The molecule has 0 saturated heterocycles. The Bertz CT molecular complexity index is 470. The molecule has 0 aliphatic heterocycles. The summed E-state index contributed by atoms with van der Waals surface area (Å²) in [4.78, 5) is 9.66. The molecular formula is C11H12ClN3S. The minimum absolute atomic E-state index is 0.503. The molecule has 0 aromatic carbocycles. The number of rotatable bonds is 4. The summed E-state index contributed by atoms with van der Waals surface area (Å²) in [6.45, 7) is 2.85. The molecule has 0 unspecified atom stereocenters. The Balaban J connectivity index is 1.96. The van der Waals surface area contributed by atoms with Crippen molar-refractivity contribution in [3.05, 3.63) is 39.4 Å². The van der Waals surface area contributed by atoms with Gasteiger partial charge in [-0.3, -0.25) is 0 Å². The van der Waals surface area contributed by atoms with Gasteiger partial charge in [-0.2, -0.15) is 0 Å². The van der Waals surface area contributed by atoms with Crippen LogP contribution in [0.15, 0.2) is 24.4 Å². The number of aromatic nitrogens is 2. The highest BCUT2D eigenvalue weighted by Crippen LogP contribution is 2.15. The summed E-state index contributed by atoms with van der Waals surface area (Å²) in [5.41, 5.74) is 0. The lowest BCUT2D eigenvalue weighted by Crippen LogP contribution is -1.99. The second-order valence-corrected chi connectivity index (χ2v) is 4.86. The van der Waals surface area contributed by atoms with Gasteiger partial charge in [0.2, 0.25) is 0 Å². The summed E-state index contributed by atoms with van der Waals surface area (Å²) >= 11 is 7.51. The Morgan fingerprint density at radius 1 is 1.44 bits per heavy atom. The summed E-state index contributed by atoms with van der Waals surface area (Å²) in [5, 5.41) is 4.88. The number of hydrogen-bond acceptors (Lipinski definition) is 4. The molecule has 0 amide bonds. The highest BCUT2D eigenvalue weighted by Gasteiger charge is 2.00. The largest absolute Gasteiger partial charge is 0.365 e. The average Bonchev–Trinajstić information content (AvgIpc) is 2.74. The van der Waals surface area contributed by atoms with Gasteiger partial charge in [-0.15, -0.1) is 11.3 Å². The summed E-state index contributed by atoms with van der Waals surface area (Å²) in [7, 11) is 0. The van der Waals surface area contributed by atoms with Crippen LogP contribution in [0.3, 0.4) is 0 Å². The van der Waals surface area contributed by atoms with Crippen LogP contribution < -0.4 is 5.32 Å². The SMILES string of the molecule is CCc1ncc(CNc2cccc(Cl)n2)s1. The zero-order valence-electron chi connectivity index (χ0n) is 8.90. The first kappa shape index (κ1) is 11.4. The molecule has 0 spiro atoms. The van der Waals surface area contributed by atoms with E-state index < -0.39 is 0 Å². The van der Waals surface area contributed by atoms with Crippen LogP contribution in [0.1, 0.15) is 16.8 Å². The molecule has 0 atom stereocenters. The second kappa shape index (κ2) is 5.27. The quantitative estimate of drug-likeness (QED) is 0.849. The van der Waals surface area contributed by atoms with E-state index in [1.54, 1.807) is 17.4 Å². The van der Waals surface area contributed by atoms with Crippen LogP contribution in [0.25, 0.3) is 0 Å². The first-order valence-corrected chi connectivity index (χ1v) is 6.27. The van der Waals surface area contributed by atoms with E-state index in [4.69, 9.17) is 11.6 Å². The molecule has 0 saturated carbocycles. The number of thiazole rings is 1. The van der Waals surface area contributed by atoms with E-state index >= 15 is 0 Å². The number of aryl methyl sites for hydroxylation is 1. The van der Waals surface area contributed by atoms with Crippen molar-refractivity contribution in [2.45, 2.75) is 19.9 Å². The molecular weight excluding hydrogens is 242 g/mol. The van der Waals surface area contributed by atoms with E-state index in [1.807, 2.05) is 18.3 Å². The minimum Gasteiger partial charge on any atom is -0.365 e. The maximum absolute atomic E-state index is 5.79. The molecule has 0 bridgehead atoms. The molecule has 5 heteroatoms. The van der Waals surface area contributed by atoms with Gasteiger partial charge in [0.05, 0.1) is 11.6 Å². The molecule has 2 aromatic heterocycles. The Labute approximate surface area is 104 Å². The topological polar surface area (TPSA) is 37.8 Å². The van der Waals surface area contributed by atoms with Crippen molar-refractivity contribution < 1.29 is 0 Å². The molecule has 2 aromatic rings. The molecule has 84 valence electrons. The van der Waals surface area contributed by atoms with Gasteiger partial charge in [0.15, 0.2) is 0 Å². The van der Waals surface area contributed by atoms with Gasteiger partial charge in [-0.1, -0.05) is 24.6 Å². The van der Waals surface area contributed by atoms with Crippen molar-refractivity contribution in [1.29, 1.82) is 0 Å². The lowest BCUT2D eigenvalue weighted by Gasteiger charge is -2.02. The van der Waals surface area contributed by atoms with Crippen molar-refractivity contribution in [1.82, 2.24) is 9.97 Å². The monoisotopic (exact) mass is 253 g/mol. The zero-order chi connectivity index (χ0) is 11.4. The lowest BCUT2D eigenvalue weighted by atomic mass is 10.4. The molecule has 2 rings (SSSR count). The minimum atomic E-state index is 0.503. The van der Waals surface area contributed by atoms with Crippen LogP contribution in [0.2, 0.25) is 5.15 Å². The number of halogens is 1. The smallest absolute Gasteiger partial charge is 0.131 e. The maximum Gasteiger partial charge on any atom is 0.131 e. The lowest BCUT2D eigenvalue weighted by molar-refractivity contribution is 1.08. The van der Waals surface area contributed by atoms with Crippen molar-refractivity contribution in [3.8, 4) is 0 Å². The molecule has 0 radical (unpaired) electrons. The van der Waals surface area contributed by atoms with Crippen molar-refractivity contribution in [2.24, 2.45) is 0 Å². The van der Waals surface area contributed by atoms with E-state index in [2.05, 4.69) is 22.2 Å². The number of nitrogens with one attached hydrogen (secondary N) is 1. The van der Waals surface area contributed by atoms with Gasteiger partial charge in [-0.05, 0) is 18.6 Å². The van der Waals surface area contributed by atoms with Crippen LogP contribution >= 0.6 is 22.9 Å². The van der Waals surface area contributed by atoms with Crippen molar-refractivity contribution >= 4 is 28.8 Å². The third kappa shape index (κ3) is 2.93. The van der Waals surface area contributed by atoms with Gasteiger partial charge >= 0.3 is 0 Å². The summed E-state index contributed by atoms with van der Waals surface area (Å²) < 4.78 is 0. The van der Waals surface area contributed by atoms with Gasteiger partial charge in [0.1, 0.15) is 11.0 Å². The molecule has 0 aliphatic carbocycles. The molecule has 3 nitrogen and oxygen atoms in total. The van der Waals surface area contributed by atoms with Crippen LogP contribution in [-0.2, 0) is 13.0 Å². The fourth-order valence-electron chi connectivity index (χ4n) is 1.28. The summed E-state index contributed by atoms with van der Waals surface area (Å²) in [6.07, 6.45) is 2.89. The van der Waals surface area contributed by atoms with Crippen LogP contribution in [0.4, 0.5) is 5.82 Å². The fourth-order valence-corrected chi connectivity index (χ4v) is 2.24. The van der Waals surface area contributed by atoms with Crippen LogP contribution in [0.5, 0.6) is 0 Å². The molecule has 0 aliphatic rings. The Morgan fingerprint density at radius 3 is 3.00 bits per heavy atom. The van der Waals surface area contributed by atoms with Crippen LogP contribution in [-0.4, -0.2) is 9.97 Å². The number of anilines is 1. The molecule has 16 heavy (non-hydrogen) atoms. The second-order valence-electron chi connectivity index (χ2n) is 3.27. The van der Waals surface area contributed by atoms with E-state index in [0.717, 1.165) is 23.8 Å². The average molecular weight is 254 g/mol. The van der Waals surface area contributed by atoms with E-state index in [1.165, 1.54) is 4.88 Å². The Morgan fingerprint density at radius 2 is 2.31 bits per heavy atom. The third-order valence-electron chi connectivity index (χ3n) is 2.06. The van der Waals surface area contributed by atoms with Crippen molar-refractivity contribution in [2.75, 3.05) is 5.32 Å². The zero-order valence-corrected chi connectivity index (χ0v) is 10.5. The normalized spacial score (nSPS) is 10.4. The van der Waals surface area contributed by atoms with E-state index in [9.17, 15) is 0 Å². The van der Waals surface area contributed by atoms with E-state index in [-0.39, 0.29) is 0 Å². The molecule has 0 fully saturated rings. The van der Waals surface area contributed by atoms with Crippen LogP contribution in [0, 0.1) is 0 Å². The first-order valence-electron chi connectivity index (χ1n) is 5.08. The standard InChI is InChI=1S/C11H12ClN3S/c1-2-11-14-7-8(16-11)6-13-10-5-3-4-9(12)15-10/h3-5,7H,2,6H2,1H3,(H,13,15). The predicted molar refractivity (Wildman–Crippen MR) is 68.1 cm³/mol. The predicted octanol–water partition coefficient (Wildman–Crippen LogP) is 3.37. The van der Waals surface area contributed by atoms with Gasteiger partial charge < -0.3 is 5.32 Å². The third-order valence-corrected chi connectivity index (χ3v) is 3.41. The number of nitrogens with zero attached hydrogens (tertiary/aromatic N) is 2. The Kier molecular flexibility index (Phi) is 3.74. The maximum atomic E-state index is 5.79. The highest BCUT2D eigenvalue weighted by molar-refractivity contribution is 7.11. The van der Waals surface area contributed by atoms with E-state index in [0.29, 0.717) is 5.15 Å². The fraction of sp³-hybridized carbons (Fsp3) is 0.273. The molecule has 2 heterocycles. The summed E-state index contributed by atoms with van der Waals surface area (Å²) in [6, 6.07) is 5.53. The van der Waals surface area contributed by atoms with Gasteiger partial charge in [0, 0.05) is 11.1 Å². The molecule has 1 N–H and O–H groups in total. The highest BCUT2D eigenvalue weighted by atomic mass is 35.5. The van der Waals surface area contributed by atoms with Gasteiger partial charge in [-0.25, -0.2) is 9.97 Å².